The van der Waals surface area contributed by atoms with Gasteiger partial charge in [0, 0.05) is 7.05 Å². The van der Waals surface area contributed by atoms with Gasteiger partial charge in [-0.15, -0.1) is 11.8 Å². The molecule has 6 nitrogen and oxygen atoms in total. The molecule has 0 unspecified atom stereocenters. The summed E-state index contributed by atoms with van der Waals surface area (Å²) in [5.41, 5.74) is 1.60. The van der Waals surface area contributed by atoms with Gasteiger partial charge in [-0.25, -0.2) is 0 Å². The van der Waals surface area contributed by atoms with Gasteiger partial charge in [0.05, 0.1) is 21.9 Å². The van der Waals surface area contributed by atoms with E-state index >= 15 is 0 Å². The highest BCUT2D eigenvalue weighted by molar-refractivity contribution is 8.02. The van der Waals surface area contributed by atoms with Crippen molar-refractivity contribution in [3.8, 4) is 0 Å². The summed E-state index contributed by atoms with van der Waals surface area (Å²) in [6, 6.07) is 8.91. The standard InChI is InChI=1S/C16H14N2O4S/c1-17-14(21)11-12(16(17)23-2)15(22)18(8-10(19)20)13(11)9-6-4-3-5-7-9/h3-7H,8H2,1-2H3,(H,19,20). The number of carbonyl (C=O) groups is 3. The van der Waals surface area contributed by atoms with E-state index in [0.29, 0.717) is 21.9 Å². The maximum absolute atomic E-state index is 12.7. The molecule has 0 atom stereocenters. The molecule has 0 fully saturated rings. The highest BCUT2D eigenvalue weighted by Crippen LogP contribution is 2.45. The van der Waals surface area contributed by atoms with Crippen molar-refractivity contribution in [2.24, 2.45) is 0 Å². The second-order valence-corrected chi connectivity index (χ2v) is 5.92. The summed E-state index contributed by atoms with van der Waals surface area (Å²) in [7, 11) is 1.61. The maximum atomic E-state index is 12.7. The van der Waals surface area contributed by atoms with Crippen molar-refractivity contribution in [1.82, 2.24) is 9.80 Å². The van der Waals surface area contributed by atoms with E-state index in [9.17, 15) is 14.4 Å². The van der Waals surface area contributed by atoms with Crippen molar-refractivity contribution in [3.63, 3.8) is 0 Å². The van der Waals surface area contributed by atoms with E-state index in [4.69, 9.17) is 5.11 Å². The van der Waals surface area contributed by atoms with Crippen LogP contribution in [0.15, 0.2) is 46.5 Å². The lowest BCUT2D eigenvalue weighted by molar-refractivity contribution is -0.140. The van der Waals surface area contributed by atoms with Gasteiger partial charge in [-0.1, -0.05) is 30.3 Å². The van der Waals surface area contributed by atoms with E-state index in [1.54, 1.807) is 37.6 Å². The van der Waals surface area contributed by atoms with Gasteiger partial charge in [0.2, 0.25) is 0 Å². The molecular formula is C16H14N2O4S. The van der Waals surface area contributed by atoms with Crippen LogP contribution >= 0.6 is 11.8 Å². The third kappa shape index (κ3) is 2.24. The fourth-order valence-corrected chi connectivity index (χ4v) is 3.60. The zero-order valence-electron chi connectivity index (χ0n) is 12.6. The molecule has 0 saturated carbocycles. The molecule has 2 aliphatic rings. The molecule has 0 saturated heterocycles. The lowest BCUT2D eigenvalue weighted by atomic mass is 10.1. The van der Waals surface area contributed by atoms with Crippen LogP contribution in [0.2, 0.25) is 0 Å². The van der Waals surface area contributed by atoms with Crippen molar-refractivity contribution >= 4 is 35.2 Å². The number of carbonyl (C=O) groups excluding carboxylic acids is 2. The van der Waals surface area contributed by atoms with Crippen LogP contribution in [-0.4, -0.2) is 52.5 Å². The first-order valence-electron chi connectivity index (χ1n) is 6.87. The Hall–Kier alpha value is -2.54. The van der Waals surface area contributed by atoms with Crippen molar-refractivity contribution in [2.45, 2.75) is 0 Å². The van der Waals surface area contributed by atoms with Gasteiger partial charge >= 0.3 is 5.97 Å². The van der Waals surface area contributed by atoms with Gasteiger partial charge in [-0.05, 0) is 11.8 Å². The van der Waals surface area contributed by atoms with Crippen LogP contribution in [0.1, 0.15) is 5.56 Å². The topological polar surface area (TPSA) is 77.9 Å². The second-order valence-electron chi connectivity index (χ2n) is 5.12. The molecule has 23 heavy (non-hydrogen) atoms. The van der Waals surface area contributed by atoms with Gasteiger partial charge < -0.3 is 10.0 Å². The summed E-state index contributed by atoms with van der Waals surface area (Å²) < 4.78 is 0. The lowest BCUT2D eigenvalue weighted by Gasteiger charge is -2.21. The van der Waals surface area contributed by atoms with Crippen LogP contribution in [0, 0.1) is 0 Å². The number of hydrogen-bond donors (Lipinski definition) is 1. The first kappa shape index (κ1) is 15.4. The summed E-state index contributed by atoms with van der Waals surface area (Å²) in [5, 5.41) is 9.68. The molecule has 3 rings (SSSR count). The van der Waals surface area contributed by atoms with Crippen LogP contribution < -0.4 is 0 Å². The number of hydrogen-bond acceptors (Lipinski definition) is 4. The summed E-state index contributed by atoms with van der Waals surface area (Å²) >= 11 is 1.30. The molecule has 1 N–H and O–H groups in total. The fraction of sp³-hybridized carbons (Fsp3) is 0.188. The lowest BCUT2D eigenvalue weighted by Crippen LogP contribution is -2.32. The largest absolute Gasteiger partial charge is 0.480 e. The van der Waals surface area contributed by atoms with Crippen LogP contribution in [-0.2, 0) is 14.4 Å². The molecule has 2 heterocycles. The SMILES string of the molecule is CSC1=C2C(=O)N(CC(=O)O)C(c3ccccc3)=C2C(=O)N1C. The van der Waals surface area contributed by atoms with Crippen molar-refractivity contribution in [3.05, 3.63) is 52.1 Å². The van der Waals surface area contributed by atoms with Crippen LogP contribution in [0.4, 0.5) is 0 Å². The molecular weight excluding hydrogens is 316 g/mol. The Labute approximate surface area is 137 Å². The number of thioether (sulfide) groups is 1. The van der Waals surface area contributed by atoms with E-state index in [0.717, 1.165) is 0 Å². The highest BCUT2D eigenvalue weighted by Gasteiger charge is 2.47. The number of benzene rings is 1. The molecule has 2 amide bonds. The number of aliphatic carboxylic acids is 1. The predicted molar refractivity (Wildman–Crippen MR) is 86.0 cm³/mol. The summed E-state index contributed by atoms with van der Waals surface area (Å²) in [6.07, 6.45) is 1.78. The molecule has 7 heteroatoms. The molecule has 2 aliphatic heterocycles. The average molecular weight is 330 g/mol. The van der Waals surface area contributed by atoms with Crippen molar-refractivity contribution in [2.75, 3.05) is 19.8 Å². The van der Waals surface area contributed by atoms with E-state index in [2.05, 4.69) is 0 Å². The van der Waals surface area contributed by atoms with Gasteiger partial charge in [-0.2, -0.15) is 0 Å². The number of fused-ring (bicyclic) bond motifs is 1. The monoisotopic (exact) mass is 330 g/mol. The third-order valence-corrected chi connectivity index (χ3v) is 4.65. The Balaban J connectivity index is 2.26. The van der Waals surface area contributed by atoms with E-state index in [1.807, 2.05) is 6.07 Å². The predicted octanol–water partition coefficient (Wildman–Crippen LogP) is 1.37. The number of likely N-dealkylation sites (N-methyl/N-ethyl adjacent to an activating group) is 1. The minimum absolute atomic E-state index is 0.286. The first-order valence-corrected chi connectivity index (χ1v) is 8.10. The van der Waals surface area contributed by atoms with Crippen LogP contribution in [0.25, 0.3) is 5.70 Å². The van der Waals surface area contributed by atoms with E-state index < -0.39 is 18.4 Å². The van der Waals surface area contributed by atoms with Gasteiger partial charge in [0.25, 0.3) is 11.8 Å². The second kappa shape index (κ2) is 5.58. The molecule has 0 aromatic heterocycles. The number of carboxylic acid groups (broad SMARTS) is 1. The molecule has 0 aliphatic carbocycles. The summed E-state index contributed by atoms with van der Waals surface area (Å²) in [4.78, 5) is 39.1. The smallest absolute Gasteiger partial charge is 0.323 e. The highest BCUT2D eigenvalue weighted by atomic mass is 32.2. The van der Waals surface area contributed by atoms with Gasteiger partial charge in [0.1, 0.15) is 6.54 Å². The Kier molecular flexibility index (Phi) is 3.73. The Morgan fingerprint density at radius 2 is 1.78 bits per heavy atom. The molecule has 0 radical (unpaired) electrons. The maximum Gasteiger partial charge on any atom is 0.323 e. The van der Waals surface area contributed by atoms with Crippen LogP contribution in [0.5, 0.6) is 0 Å². The quantitative estimate of drug-likeness (QED) is 0.902. The number of rotatable bonds is 4. The Morgan fingerprint density at radius 3 is 2.35 bits per heavy atom. The van der Waals surface area contributed by atoms with Gasteiger partial charge in [-0.3, -0.25) is 19.3 Å². The molecule has 118 valence electrons. The molecule has 0 spiro atoms. The Morgan fingerprint density at radius 1 is 1.13 bits per heavy atom. The minimum atomic E-state index is -1.13. The number of nitrogens with zero attached hydrogens (tertiary/aromatic N) is 2. The summed E-state index contributed by atoms with van der Waals surface area (Å²) in [6.45, 7) is -0.477. The molecule has 0 bridgehead atoms. The zero-order chi connectivity index (χ0) is 16.7. The van der Waals surface area contributed by atoms with Crippen molar-refractivity contribution < 1.29 is 19.5 Å². The molecule has 1 aromatic rings. The minimum Gasteiger partial charge on any atom is -0.480 e. The normalized spacial score (nSPS) is 17.5. The fourth-order valence-electron chi connectivity index (χ4n) is 2.85. The van der Waals surface area contributed by atoms with Gasteiger partial charge in [0.15, 0.2) is 0 Å². The van der Waals surface area contributed by atoms with E-state index in [1.165, 1.54) is 21.6 Å². The Bertz CT molecular complexity index is 783. The van der Waals surface area contributed by atoms with E-state index in [-0.39, 0.29) is 11.5 Å². The van der Waals surface area contributed by atoms with Crippen molar-refractivity contribution in [1.29, 1.82) is 0 Å². The number of amides is 2. The first-order chi connectivity index (χ1) is 11.0. The summed E-state index contributed by atoms with van der Waals surface area (Å²) in [5.74, 6) is -1.85. The average Bonchev–Trinajstić information content (AvgIpc) is 2.94. The van der Waals surface area contributed by atoms with Crippen LogP contribution in [0.3, 0.4) is 0 Å². The molecule has 1 aromatic carbocycles. The zero-order valence-corrected chi connectivity index (χ0v) is 13.4. The third-order valence-electron chi connectivity index (χ3n) is 3.79. The number of carboxylic acids is 1.